The minimum absolute atomic E-state index is 0.116. The summed E-state index contributed by atoms with van der Waals surface area (Å²) in [6, 6.07) is 9.18. The van der Waals surface area contributed by atoms with Crippen LogP contribution in [0.5, 0.6) is 5.75 Å². The van der Waals surface area contributed by atoms with Gasteiger partial charge in [-0.3, -0.25) is 4.79 Å². The molecule has 0 spiro atoms. The van der Waals surface area contributed by atoms with E-state index in [0.29, 0.717) is 23.7 Å². The van der Waals surface area contributed by atoms with Crippen molar-refractivity contribution in [1.29, 1.82) is 0 Å². The van der Waals surface area contributed by atoms with Crippen molar-refractivity contribution in [2.75, 3.05) is 20.3 Å². The van der Waals surface area contributed by atoms with E-state index < -0.39 is 6.10 Å². The molecule has 1 heterocycles. The van der Waals surface area contributed by atoms with Gasteiger partial charge in [0, 0.05) is 6.54 Å². The van der Waals surface area contributed by atoms with Crippen molar-refractivity contribution in [3.8, 4) is 5.75 Å². The Kier molecular flexibility index (Phi) is 6.40. The molecule has 2 aromatic rings. The van der Waals surface area contributed by atoms with Crippen LogP contribution in [0.3, 0.4) is 0 Å². The molecule has 0 bridgehead atoms. The number of rotatable bonds is 8. The van der Waals surface area contributed by atoms with Gasteiger partial charge in [0.1, 0.15) is 17.3 Å². The SMILES string of the molecule is COc1ccc(COCC(O)CNC(=O)c2cc(C)oc2C)cc1. The number of aliphatic hydroxyl groups is 1. The molecule has 1 atom stereocenters. The number of furan rings is 1. The van der Waals surface area contributed by atoms with Crippen LogP contribution in [-0.4, -0.2) is 37.4 Å². The summed E-state index contributed by atoms with van der Waals surface area (Å²) in [4.78, 5) is 12.0. The zero-order valence-electron chi connectivity index (χ0n) is 14.2. The lowest BCUT2D eigenvalue weighted by Crippen LogP contribution is -2.34. The molecular weight excluding hydrogens is 310 g/mol. The largest absolute Gasteiger partial charge is 0.497 e. The van der Waals surface area contributed by atoms with E-state index >= 15 is 0 Å². The van der Waals surface area contributed by atoms with Crippen LogP contribution in [0.2, 0.25) is 0 Å². The zero-order chi connectivity index (χ0) is 17.5. The molecule has 0 saturated carbocycles. The molecule has 1 aromatic heterocycles. The first-order valence-electron chi connectivity index (χ1n) is 7.73. The second-order valence-electron chi connectivity index (χ2n) is 5.55. The Morgan fingerprint density at radius 2 is 2.00 bits per heavy atom. The molecule has 0 saturated heterocycles. The fraction of sp³-hybridized carbons (Fsp3) is 0.389. The van der Waals surface area contributed by atoms with Gasteiger partial charge in [-0.05, 0) is 37.6 Å². The average molecular weight is 333 g/mol. The van der Waals surface area contributed by atoms with Crippen LogP contribution in [0, 0.1) is 13.8 Å². The molecule has 0 aliphatic carbocycles. The van der Waals surface area contributed by atoms with Gasteiger partial charge in [-0.15, -0.1) is 0 Å². The van der Waals surface area contributed by atoms with Gasteiger partial charge in [0.15, 0.2) is 0 Å². The number of amides is 1. The van der Waals surface area contributed by atoms with E-state index in [4.69, 9.17) is 13.9 Å². The third-order valence-corrected chi connectivity index (χ3v) is 3.52. The molecule has 1 unspecified atom stereocenters. The van der Waals surface area contributed by atoms with Gasteiger partial charge < -0.3 is 24.3 Å². The Hall–Kier alpha value is -2.31. The summed E-state index contributed by atoms with van der Waals surface area (Å²) >= 11 is 0. The minimum atomic E-state index is -0.777. The predicted octanol–water partition coefficient (Wildman–Crippen LogP) is 2.21. The highest BCUT2D eigenvalue weighted by molar-refractivity contribution is 5.95. The number of benzene rings is 1. The molecule has 24 heavy (non-hydrogen) atoms. The van der Waals surface area contributed by atoms with E-state index in [9.17, 15) is 9.90 Å². The summed E-state index contributed by atoms with van der Waals surface area (Å²) < 4.78 is 15.9. The molecule has 2 rings (SSSR count). The number of hydrogen-bond acceptors (Lipinski definition) is 5. The van der Waals surface area contributed by atoms with Gasteiger partial charge in [0.2, 0.25) is 0 Å². The van der Waals surface area contributed by atoms with E-state index in [1.165, 1.54) is 0 Å². The monoisotopic (exact) mass is 333 g/mol. The van der Waals surface area contributed by atoms with Gasteiger partial charge in [0.05, 0.1) is 32.0 Å². The number of aliphatic hydroxyl groups excluding tert-OH is 1. The maximum Gasteiger partial charge on any atom is 0.254 e. The van der Waals surface area contributed by atoms with Crippen molar-refractivity contribution >= 4 is 5.91 Å². The number of methoxy groups -OCH3 is 1. The Morgan fingerprint density at radius 3 is 2.58 bits per heavy atom. The lowest BCUT2D eigenvalue weighted by Gasteiger charge is -2.12. The summed E-state index contributed by atoms with van der Waals surface area (Å²) in [5.74, 6) is 1.76. The van der Waals surface area contributed by atoms with Gasteiger partial charge in [-0.2, -0.15) is 0 Å². The molecule has 2 N–H and O–H groups in total. The Morgan fingerprint density at radius 1 is 1.29 bits per heavy atom. The van der Waals surface area contributed by atoms with Gasteiger partial charge in [-0.1, -0.05) is 12.1 Å². The lowest BCUT2D eigenvalue weighted by atomic mass is 10.2. The van der Waals surface area contributed by atoms with Crippen LogP contribution in [0.1, 0.15) is 27.4 Å². The first kappa shape index (κ1) is 18.0. The van der Waals surface area contributed by atoms with Crippen LogP contribution in [-0.2, 0) is 11.3 Å². The number of carbonyl (C=O) groups excluding carboxylic acids is 1. The summed E-state index contributed by atoms with van der Waals surface area (Å²) in [7, 11) is 1.61. The number of ether oxygens (including phenoxy) is 2. The summed E-state index contributed by atoms with van der Waals surface area (Å²) in [6.45, 7) is 4.15. The summed E-state index contributed by atoms with van der Waals surface area (Å²) in [6.07, 6.45) is -0.777. The number of nitrogens with one attached hydrogen (secondary N) is 1. The third kappa shape index (κ3) is 5.11. The quantitative estimate of drug-likeness (QED) is 0.774. The molecule has 1 aromatic carbocycles. The second-order valence-corrected chi connectivity index (χ2v) is 5.55. The minimum Gasteiger partial charge on any atom is -0.497 e. The van der Waals surface area contributed by atoms with Crippen LogP contribution >= 0.6 is 0 Å². The van der Waals surface area contributed by atoms with Crippen molar-refractivity contribution in [2.24, 2.45) is 0 Å². The van der Waals surface area contributed by atoms with E-state index in [-0.39, 0.29) is 19.1 Å². The third-order valence-electron chi connectivity index (χ3n) is 3.52. The molecule has 1 amide bonds. The molecule has 6 heteroatoms. The number of carbonyl (C=O) groups is 1. The maximum atomic E-state index is 12.0. The van der Waals surface area contributed by atoms with Crippen LogP contribution in [0.15, 0.2) is 34.7 Å². The summed E-state index contributed by atoms with van der Waals surface area (Å²) in [5, 5.41) is 12.6. The Balaban J connectivity index is 1.70. The second kappa shape index (κ2) is 8.52. The fourth-order valence-corrected chi connectivity index (χ4v) is 2.26. The molecule has 0 aliphatic rings. The highest BCUT2D eigenvalue weighted by Gasteiger charge is 2.14. The number of aryl methyl sites for hydroxylation is 2. The highest BCUT2D eigenvalue weighted by Crippen LogP contribution is 2.13. The van der Waals surface area contributed by atoms with E-state index in [1.807, 2.05) is 24.3 Å². The van der Waals surface area contributed by atoms with Gasteiger partial charge >= 0.3 is 0 Å². The van der Waals surface area contributed by atoms with Crippen LogP contribution < -0.4 is 10.1 Å². The smallest absolute Gasteiger partial charge is 0.254 e. The average Bonchev–Trinajstić information content (AvgIpc) is 2.92. The fourth-order valence-electron chi connectivity index (χ4n) is 2.26. The van der Waals surface area contributed by atoms with Crippen molar-refractivity contribution in [2.45, 2.75) is 26.6 Å². The van der Waals surface area contributed by atoms with E-state index in [0.717, 1.165) is 11.3 Å². The molecule has 0 fully saturated rings. The topological polar surface area (TPSA) is 80.9 Å². The maximum absolute atomic E-state index is 12.0. The lowest BCUT2D eigenvalue weighted by molar-refractivity contribution is 0.0285. The molecular formula is C18H23NO5. The van der Waals surface area contributed by atoms with Crippen molar-refractivity contribution < 1.29 is 23.8 Å². The number of hydrogen-bond donors (Lipinski definition) is 2. The van der Waals surface area contributed by atoms with E-state index in [1.54, 1.807) is 27.0 Å². The van der Waals surface area contributed by atoms with Crippen LogP contribution in [0.25, 0.3) is 0 Å². The molecule has 130 valence electrons. The predicted molar refractivity (Wildman–Crippen MR) is 89.2 cm³/mol. The standard InChI is InChI=1S/C18H23NO5/c1-12-8-17(13(2)24-12)18(21)19-9-15(20)11-23-10-14-4-6-16(22-3)7-5-14/h4-8,15,20H,9-11H2,1-3H3,(H,19,21). The van der Waals surface area contributed by atoms with Gasteiger partial charge in [-0.25, -0.2) is 0 Å². The van der Waals surface area contributed by atoms with Crippen molar-refractivity contribution in [3.05, 3.63) is 53.0 Å². The highest BCUT2D eigenvalue weighted by atomic mass is 16.5. The summed E-state index contributed by atoms with van der Waals surface area (Å²) in [5.41, 5.74) is 1.47. The molecule has 6 nitrogen and oxygen atoms in total. The molecule has 0 radical (unpaired) electrons. The Labute approximate surface area is 141 Å². The van der Waals surface area contributed by atoms with Crippen molar-refractivity contribution in [1.82, 2.24) is 5.32 Å². The van der Waals surface area contributed by atoms with Crippen molar-refractivity contribution in [3.63, 3.8) is 0 Å². The van der Waals surface area contributed by atoms with Gasteiger partial charge in [0.25, 0.3) is 5.91 Å². The van der Waals surface area contributed by atoms with Crippen LogP contribution in [0.4, 0.5) is 0 Å². The first-order valence-corrected chi connectivity index (χ1v) is 7.73. The zero-order valence-corrected chi connectivity index (χ0v) is 14.2. The molecule has 0 aliphatic heterocycles. The first-order chi connectivity index (χ1) is 11.5. The van der Waals surface area contributed by atoms with E-state index in [2.05, 4.69) is 5.32 Å². The normalized spacial score (nSPS) is 12.0. The Bertz CT molecular complexity index is 663.